The molecule has 0 saturated carbocycles. The number of carbonyl (C=O) groups is 1. The molecule has 0 radical (unpaired) electrons. The highest BCUT2D eigenvalue weighted by Crippen LogP contribution is 2.09. The van der Waals surface area contributed by atoms with Crippen molar-refractivity contribution in [2.45, 2.75) is 6.42 Å². The van der Waals surface area contributed by atoms with Gasteiger partial charge in [0.1, 0.15) is 0 Å². The van der Waals surface area contributed by atoms with Gasteiger partial charge in [-0.3, -0.25) is 9.78 Å². The third kappa shape index (κ3) is 3.50. The molecule has 6 heteroatoms. The second-order valence-electron chi connectivity index (χ2n) is 4.38. The van der Waals surface area contributed by atoms with Crippen LogP contribution in [0.4, 0.5) is 5.82 Å². The molecule has 0 fully saturated rings. The van der Waals surface area contributed by atoms with Crippen molar-refractivity contribution < 1.29 is 4.79 Å². The fourth-order valence-electron chi connectivity index (χ4n) is 1.74. The van der Waals surface area contributed by atoms with Gasteiger partial charge in [-0.05, 0) is 36.2 Å². The molecule has 2 aromatic heterocycles. The van der Waals surface area contributed by atoms with Crippen molar-refractivity contribution in [1.82, 2.24) is 20.5 Å². The topological polar surface area (TPSA) is 71.0 Å². The van der Waals surface area contributed by atoms with Crippen LogP contribution in [0.25, 0.3) is 0 Å². The Morgan fingerprint density at radius 3 is 2.55 bits per heavy atom. The van der Waals surface area contributed by atoms with E-state index >= 15 is 0 Å². The van der Waals surface area contributed by atoms with Crippen molar-refractivity contribution in [2.75, 3.05) is 25.5 Å². The standard InChI is InChI=1S/C14H17N5O/c1-15-14(20)12-3-4-13(18-17-12)19(2)10-7-11-5-8-16-9-6-11/h3-6,8-9H,7,10H2,1-2H3,(H,15,20). The number of amides is 1. The summed E-state index contributed by atoms with van der Waals surface area (Å²) < 4.78 is 0. The molecule has 0 unspecified atom stereocenters. The van der Waals surface area contributed by atoms with Gasteiger partial charge < -0.3 is 10.2 Å². The molecular formula is C14H17N5O. The molecule has 104 valence electrons. The van der Waals surface area contributed by atoms with Gasteiger partial charge in [-0.1, -0.05) is 0 Å². The van der Waals surface area contributed by atoms with Crippen LogP contribution in [0.15, 0.2) is 36.7 Å². The Kier molecular flexibility index (Phi) is 4.60. The second-order valence-corrected chi connectivity index (χ2v) is 4.38. The predicted octanol–water partition coefficient (Wildman–Crippen LogP) is 0.910. The Morgan fingerprint density at radius 1 is 1.20 bits per heavy atom. The maximum absolute atomic E-state index is 11.4. The molecule has 0 saturated heterocycles. The van der Waals surface area contributed by atoms with Gasteiger partial charge in [-0.2, -0.15) is 0 Å². The summed E-state index contributed by atoms with van der Waals surface area (Å²) in [5.41, 5.74) is 1.54. The van der Waals surface area contributed by atoms with Crippen LogP contribution in [0.5, 0.6) is 0 Å². The fourth-order valence-corrected chi connectivity index (χ4v) is 1.74. The minimum Gasteiger partial charge on any atom is -0.358 e. The second kappa shape index (κ2) is 6.60. The summed E-state index contributed by atoms with van der Waals surface area (Å²) in [6.45, 7) is 0.817. The van der Waals surface area contributed by atoms with Crippen LogP contribution in [-0.4, -0.2) is 41.7 Å². The van der Waals surface area contributed by atoms with Crippen molar-refractivity contribution in [2.24, 2.45) is 0 Å². The lowest BCUT2D eigenvalue weighted by Crippen LogP contribution is -2.23. The number of aromatic nitrogens is 3. The van der Waals surface area contributed by atoms with Crippen LogP contribution in [-0.2, 0) is 6.42 Å². The highest BCUT2D eigenvalue weighted by molar-refractivity contribution is 5.91. The molecule has 0 atom stereocenters. The molecule has 0 spiro atoms. The molecule has 1 N–H and O–H groups in total. The third-order valence-corrected chi connectivity index (χ3v) is 2.99. The quantitative estimate of drug-likeness (QED) is 0.875. The van der Waals surface area contributed by atoms with Crippen LogP contribution in [0.1, 0.15) is 16.1 Å². The number of nitrogens with one attached hydrogen (secondary N) is 1. The monoisotopic (exact) mass is 271 g/mol. The van der Waals surface area contributed by atoms with E-state index in [1.807, 2.05) is 24.1 Å². The van der Waals surface area contributed by atoms with Crippen LogP contribution >= 0.6 is 0 Å². The average Bonchev–Trinajstić information content (AvgIpc) is 2.53. The molecule has 2 heterocycles. The summed E-state index contributed by atoms with van der Waals surface area (Å²) in [6, 6.07) is 7.45. The van der Waals surface area contributed by atoms with E-state index in [9.17, 15) is 4.79 Å². The number of nitrogens with zero attached hydrogens (tertiary/aromatic N) is 4. The number of pyridine rings is 1. The number of rotatable bonds is 5. The van der Waals surface area contributed by atoms with Crippen molar-refractivity contribution in [3.63, 3.8) is 0 Å². The first-order chi connectivity index (χ1) is 9.70. The molecule has 0 aliphatic rings. The number of likely N-dealkylation sites (N-methyl/N-ethyl adjacent to an activating group) is 1. The number of anilines is 1. The molecule has 2 aromatic rings. The van der Waals surface area contributed by atoms with E-state index in [4.69, 9.17) is 0 Å². The smallest absolute Gasteiger partial charge is 0.271 e. The summed E-state index contributed by atoms with van der Waals surface area (Å²) in [5.74, 6) is 0.509. The minimum atomic E-state index is -0.233. The first kappa shape index (κ1) is 13.9. The normalized spacial score (nSPS) is 10.1. The largest absolute Gasteiger partial charge is 0.358 e. The van der Waals surface area contributed by atoms with Gasteiger partial charge in [0.15, 0.2) is 11.5 Å². The number of carbonyl (C=O) groups excluding carboxylic acids is 1. The molecule has 20 heavy (non-hydrogen) atoms. The van der Waals surface area contributed by atoms with E-state index in [1.54, 1.807) is 31.6 Å². The van der Waals surface area contributed by atoms with E-state index in [0.29, 0.717) is 5.69 Å². The van der Waals surface area contributed by atoms with Gasteiger partial charge in [0, 0.05) is 33.0 Å². The molecule has 2 rings (SSSR count). The molecular weight excluding hydrogens is 254 g/mol. The Hall–Kier alpha value is -2.50. The summed E-state index contributed by atoms with van der Waals surface area (Å²) in [5, 5.41) is 10.5. The lowest BCUT2D eigenvalue weighted by molar-refractivity contribution is 0.0957. The van der Waals surface area contributed by atoms with Crippen LogP contribution < -0.4 is 10.2 Å². The van der Waals surface area contributed by atoms with Gasteiger partial charge in [0.2, 0.25) is 0 Å². The van der Waals surface area contributed by atoms with E-state index < -0.39 is 0 Å². The first-order valence-electron chi connectivity index (χ1n) is 6.36. The van der Waals surface area contributed by atoms with Crippen LogP contribution in [0, 0.1) is 0 Å². The Labute approximate surface area is 117 Å². The minimum absolute atomic E-state index is 0.233. The fraction of sp³-hybridized carbons (Fsp3) is 0.286. The highest BCUT2D eigenvalue weighted by Gasteiger charge is 2.08. The van der Waals surface area contributed by atoms with Gasteiger partial charge in [0.05, 0.1) is 0 Å². The summed E-state index contributed by atoms with van der Waals surface area (Å²) in [6.07, 6.45) is 4.47. The van der Waals surface area contributed by atoms with E-state index in [1.165, 1.54) is 5.56 Å². The highest BCUT2D eigenvalue weighted by atomic mass is 16.1. The Morgan fingerprint density at radius 2 is 1.95 bits per heavy atom. The molecule has 0 aromatic carbocycles. The van der Waals surface area contributed by atoms with Crippen LogP contribution in [0.2, 0.25) is 0 Å². The number of hydrogen-bond acceptors (Lipinski definition) is 5. The summed E-state index contributed by atoms with van der Waals surface area (Å²) >= 11 is 0. The molecule has 0 bridgehead atoms. The van der Waals surface area contributed by atoms with Gasteiger partial charge in [0.25, 0.3) is 5.91 Å². The maximum Gasteiger partial charge on any atom is 0.271 e. The molecule has 0 aliphatic heterocycles. The first-order valence-corrected chi connectivity index (χ1v) is 6.36. The van der Waals surface area contributed by atoms with Crippen LogP contribution in [0.3, 0.4) is 0 Å². The molecule has 1 amide bonds. The Bertz CT molecular complexity index is 556. The lowest BCUT2D eigenvalue weighted by Gasteiger charge is -2.17. The van der Waals surface area contributed by atoms with E-state index in [0.717, 1.165) is 18.8 Å². The van der Waals surface area contributed by atoms with Crippen molar-refractivity contribution in [3.8, 4) is 0 Å². The van der Waals surface area contributed by atoms with E-state index in [-0.39, 0.29) is 5.91 Å². The maximum atomic E-state index is 11.4. The zero-order valence-electron chi connectivity index (χ0n) is 11.6. The predicted molar refractivity (Wildman–Crippen MR) is 76.6 cm³/mol. The van der Waals surface area contributed by atoms with Crippen molar-refractivity contribution >= 4 is 11.7 Å². The van der Waals surface area contributed by atoms with Gasteiger partial charge in [-0.25, -0.2) is 0 Å². The number of hydrogen-bond donors (Lipinski definition) is 1. The molecule has 6 nitrogen and oxygen atoms in total. The lowest BCUT2D eigenvalue weighted by atomic mass is 10.2. The summed E-state index contributed by atoms with van der Waals surface area (Å²) in [4.78, 5) is 17.4. The Balaban J connectivity index is 1.95. The zero-order valence-corrected chi connectivity index (χ0v) is 11.6. The zero-order chi connectivity index (χ0) is 14.4. The van der Waals surface area contributed by atoms with Gasteiger partial charge >= 0.3 is 0 Å². The van der Waals surface area contributed by atoms with E-state index in [2.05, 4.69) is 20.5 Å². The van der Waals surface area contributed by atoms with Crippen molar-refractivity contribution in [3.05, 3.63) is 47.9 Å². The SMILES string of the molecule is CNC(=O)c1ccc(N(C)CCc2ccncc2)nn1. The molecule has 0 aliphatic carbocycles. The van der Waals surface area contributed by atoms with Gasteiger partial charge in [-0.15, -0.1) is 10.2 Å². The summed E-state index contributed by atoms with van der Waals surface area (Å²) in [7, 11) is 3.52. The van der Waals surface area contributed by atoms with Crippen molar-refractivity contribution in [1.29, 1.82) is 0 Å². The average molecular weight is 271 g/mol. The third-order valence-electron chi connectivity index (χ3n) is 2.99.